The number of fused-ring (bicyclic) bond motifs is 3. The van der Waals surface area contributed by atoms with Gasteiger partial charge in [-0.15, -0.1) is 0 Å². The van der Waals surface area contributed by atoms with Crippen molar-refractivity contribution in [1.29, 1.82) is 0 Å². The Balaban J connectivity index is 0.000000244. The van der Waals surface area contributed by atoms with Crippen LogP contribution in [0.3, 0.4) is 0 Å². The molecule has 1 aromatic heterocycles. The number of hydrogen-bond acceptors (Lipinski definition) is 7. The third-order valence-electron chi connectivity index (χ3n) is 8.63. The smallest absolute Gasteiger partial charge is 0.325 e. The number of likely N-dealkylation sites (N-methyl/N-ethyl adjacent to an activating group) is 1. The lowest BCUT2D eigenvalue weighted by Gasteiger charge is -2.43. The summed E-state index contributed by atoms with van der Waals surface area (Å²) >= 11 is 1.50. The number of allylic oxidation sites excluding steroid dienone is 1. The number of amides is 2. The number of thioether (sulfide) groups is 1. The van der Waals surface area contributed by atoms with Crippen molar-refractivity contribution >= 4 is 30.2 Å². The number of methoxy groups -OCH3 is 2. The number of rotatable bonds is 7. The summed E-state index contributed by atoms with van der Waals surface area (Å²) in [5.41, 5.74) is 5.21. The van der Waals surface area contributed by atoms with Crippen molar-refractivity contribution in [2.75, 3.05) is 40.9 Å². The molecule has 10 heteroatoms. The zero-order valence-electron chi connectivity index (χ0n) is 26.3. The number of hydrogen-bond donors (Lipinski definition) is 0. The molecule has 0 radical (unpaired) electrons. The van der Waals surface area contributed by atoms with Crippen LogP contribution in [0.25, 0.3) is 6.08 Å². The summed E-state index contributed by atoms with van der Waals surface area (Å²) in [6, 6.07) is 4.12. The summed E-state index contributed by atoms with van der Waals surface area (Å²) in [6.07, 6.45) is 6.98. The minimum atomic E-state index is -0.189. The van der Waals surface area contributed by atoms with Gasteiger partial charge >= 0.3 is 6.03 Å². The SMILES string of the molecule is C=Cc1c(C)nn(C)c1SC(C)C=O.CCN1C(=O)N2Cc3cc(OC)cc(OC)c3C(C)C=C2C12CCN(C)CC2. The van der Waals surface area contributed by atoms with Crippen LogP contribution in [-0.4, -0.2) is 88.5 Å². The Labute approximate surface area is 254 Å². The van der Waals surface area contributed by atoms with Gasteiger partial charge in [0.15, 0.2) is 0 Å². The highest BCUT2D eigenvalue weighted by Crippen LogP contribution is 2.48. The van der Waals surface area contributed by atoms with Gasteiger partial charge in [-0.2, -0.15) is 5.10 Å². The first-order valence-corrected chi connectivity index (χ1v) is 15.5. The van der Waals surface area contributed by atoms with Crippen LogP contribution < -0.4 is 9.47 Å². The molecule has 0 saturated carbocycles. The lowest BCUT2D eigenvalue weighted by atomic mass is 9.82. The van der Waals surface area contributed by atoms with E-state index in [1.165, 1.54) is 17.5 Å². The Kier molecular flexibility index (Phi) is 9.77. The van der Waals surface area contributed by atoms with E-state index in [-0.39, 0.29) is 22.7 Å². The number of aryl methyl sites for hydroxylation is 2. The van der Waals surface area contributed by atoms with Gasteiger partial charge in [-0.25, -0.2) is 4.79 Å². The van der Waals surface area contributed by atoms with Crippen LogP contribution in [0.4, 0.5) is 4.79 Å². The number of carbonyl (C=O) groups is 2. The second-order valence-electron chi connectivity index (χ2n) is 11.3. The molecule has 42 heavy (non-hydrogen) atoms. The normalized spacial score (nSPS) is 20.1. The van der Waals surface area contributed by atoms with E-state index in [1.807, 2.05) is 37.9 Å². The Morgan fingerprint density at radius 2 is 1.90 bits per heavy atom. The van der Waals surface area contributed by atoms with E-state index in [0.717, 1.165) is 77.7 Å². The molecule has 5 rings (SSSR count). The van der Waals surface area contributed by atoms with E-state index in [4.69, 9.17) is 9.47 Å². The number of urea groups is 1. The number of benzene rings is 1. The van der Waals surface area contributed by atoms with E-state index < -0.39 is 0 Å². The Bertz CT molecular complexity index is 1360. The van der Waals surface area contributed by atoms with Crippen LogP contribution >= 0.6 is 11.8 Å². The summed E-state index contributed by atoms with van der Waals surface area (Å²) in [5.74, 6) is 1.76. The second-order valence-corrected chi connectivity index (χ2v) is 12.6. The minimum absolute atomic E-state index is 0.0523. The number of carbonyl (C=O) groups excluding carboxylic acids is 2. The van der Waals surface area contributed by atoms with Crippen molar-refractivity contribution in [2.24, 2.45) is 7.05 Å². The predicted molar refractivity (Wildman–Crippen MR) is 168 cm³/mol. The molecule has 0 bridgehead atoms. The predicted octanol–water partition coefficient (Wildman–Crippen LogP) is 5.48. The Morgan fingerprint density at radius 3 is 2.48 bits per heavy atom. The van der Waals surface area contributed by atoms with Gasteiger partial charge in [0.1, 0.15) is 22.8 Å². The van der Waals surface area contributed by atoms with E-state index in [0.29, 0.717) is 6.54 Å². The molecule has 2 unspecified atom stereocenters. The molecule has 1 aromatic carbocycles. The van der Waals surface area contributed by atoms with E-state index >= 15 is 0 Å². The monoisotopic (exact) mass is 595 g/mol. The van der Waals surface area contributed by atoms with Crippen LogP contribution in [0.2, 0.25) is 0 Å². The lowest BCUT2D eigenvalue weighted by Crippen LogP contribution is -2.53. The molecule has 9 nitrogen and oxygen atoms in total. The van der Waals surface area contributed by atoms with Gasteiger partial charge in [-0.1, -0.05) is 37.4 Å². The molecular formula is C32H45N5O4S. The van der Waals surface area contributed by atoms with E-state index in [1.54, 1.807) is 25.0 Å². The number of ether oxygens (including phenoxy) is 2. The third-order valence-corrected chi connectivity index (χ3v) is 9.82. The maximum atomic E-state index is 13.4. The van der Waals surface area contributed by atoms with Crippen LogP contribution in [-0.2, 0) is 18.4 Å². The summed E-state index contributed by atoms with van der Waals surface area (Å²) in [4.78, 5) is 30.4. The topological polar surface area (TPSA) is 80.1 Å². The van der Waals surface area contributed by atoms with Crippen molar-refractivity contribution < 1.29 is 19.1 Å². The third kappa shape index (κ3) is 5.71. The molecule has 2 fully saturated rings. The largest absolute Gasteiger partial charge is 0.497 e. The van der Waals surface area contributed by atoms with Gasteiger partial charge in [-0.3, -0.25) is 9.58 Å². The fraction of sp³-hybridized carbons (Fsp3) is 0.531. The fourth-order valence-electron chi connectivity index (χ4n) is 6.48. The van der Waals surface area contributed by atoms with Crippen LogP contribution in [0.15, 0.2) is 35.5 Å². The zero-order chi connectivity index (χ0) is 30.8. The maximum absolute atomic E-state index is 13.4. The quantitative estimate of drug-likeness (QED) is 0.310. The van der Waals surface area contributed by atoms with Crippen molar-refractivity contribution in [1.82, 2.24) is 24.5 Å². The fourth-order valence-corrected chi connectivity index (χ4v) is 7.44. The molecular weight excluding hydrogens is 550 g/mol. The minimum Gasteiger partial charge on any atom is -0.497 e. The summed E-state index contributed by atoms with van der Waals surface area (Å²) in [6.45, 7) is 15.2. The number of likely N-dealkylation sites (tertiary alicyclic amines) is 1. The molecule has 0 N–H and O–H groups in total. The number of nitrogens with zero attached hydrogens (tertiary/aromatic N) is 5. The summed E-state index contributed by atoms with van der Waals surface area (Å²) in [5, 5.41) is 5.22. The van der Waals surface area contributed by atoms with Gasteiger partial charge < -0.3 is 24.1 Å². The molecule has 0 aliphatic carbocycles. The highest BCUT2D eigenvalue weighted by atomic mass is 32.2. The highest BCUT2D eigenvalue weighted by Gasteiger charge is 2.54. The Hall–Kier alpha value is -3.24. The number of aldehydes is 1. The second kappa shape index (κ2) is 13.0. The first kappa shape index (κ1) is 31.7. The zero-order valence-corrected chi connectivity index (χ0v) is 27.1. The average Bonchev–Trinajstić information content (AvgIpc) is 3.29. The molecule has 4 heterocycles. The van der Waals surface area contributed by atoms with Gasteiger partial charge in [0.05, 0.1) is 37.2 Å². The average molecular weight is 596 g/mol. The standard InChI is InChI=1S/C22H31N3O3.C10H14N2OS/c1-6-25-21(26)24-14-16-12-17(27-4)13-18(28-5)20(16)15(2)11-19(24)22(25)7-9-23(3)10-8-22;1-5-9-8(3)11-12(4)10(9)14-7(2)6-13/h11-13,15H,6-10,14H2,1-5H3;5-7H,1H2,2-4H3. The van der Waals surface area contributed by atoms with Gasteiger partial charge in [0.25, 0.3) is 0 Å². The highest BCUT2D eigenvalue weighted by molar-refractivity contribution is 8.00. The van der Waals surface area contributed by atoms with Crippen molar-refractivity contribution in [3.05, 3.63) is 52.9 Å². The Morgan fingerprint density at radius 1 is 1.21 bits per heavy atom. The molecule has 3 aliphatic rings. The van der Waals surface area contributed by atoms with Gasteiger partial charge in [0, 0.05) is 55.5 Å². The lowest BCUT2D eigenvalue weighted by molar-refractivity contribution is -0.107. The molecule has 2 saturated heterocycles. The van der Waals surface area contributed by atoms with Gasteiger partial charge in [-0.05, 0) is 52.3 Å². The number of aromatic nitrogens is 2. The van der Waals surface area contributed by atoms with Crippen LogP contribution in [0.1, 0.15) is 61.9 Å². The molecule has 228 valence electrons. The molecule has 2 atom stereocenters. The van der Waals surface area contributed by atoms with Crippen molar-refractivity contribution in [3.63, 3.8) is 0 Å². The number of piperidine rings is 1. The molecule has 3 aliphatic heterocycles. The maximum Gasteiger partial charge on any atom is 0.325 e. The van der Waals surface area contributed by atoms with Crippen molar-refractivity contribution in [2.45, 2.75) is 68.8 Å². The van der Waals surface area contributed by atoms with Crippen molar-refractivity contribution in [3.8, 4) is 11.5 Å². The molecule has 2 amide bonds. The molecule has 2 aromatic rings. The van der Waals surface area contributed by atoms with Crippen LogP contribution in [0.5, 0.6) is 11.5 Å². The van der Waals surface area contributed by atoms with Gasteiger partial charge in [0.2, 0.25) is 0 Å². The first-order chi connectivity index (χ1) is 20.0. The van der Waals surface area contributed by atoms with E-state index in [9.17, 15) is 9.59 Å². The summed E-state index contributed by atoms with van der Waals surface area (Å²) in [7, 11) is 7.40. The summed E-state index contributed by atoms with van der Waals surface area (Å²) < 4.78 is 13.0. The first-order valence-electron chi connectivity index (χ1n) is 14.6. The van der Waals surface area contributed by atoms with E-state index in [2.05, 4.69) is 48.4 Å². The van der Waals surface area contributed by atoms with Crippen LogP contribution in [0, 0.1) is 6.92 Å². The molecule has 1 spiro atoms.